The zero-order valence-corrected chi connectivity index (χ0v) is 13.6. The van der Waals surface area contributed by atoms with E-state index in [0.717, 1.165) is 24.0 Å². The van der Waals surface area contributed by atoms with Crippen molar-refractivity contribution in [1.82, 2.24) is 14.9 Å². The summed E-state index contributed by atoms with van der Waals surface area (Å²) in [4.78, 5) is 23.3. The molecule has 4 rings (SSSR count). The third-order valence-corrected chi connectivity index (χ3v) is 5.15. The highest BCUT2D eigenvalue weighted by Gasteiger charge is 2.50. The topological polar surface area (TPSA) is 46.1 Å². The third-order valence-electron chi connectivity index (χ3n) is 5.15. The number of likely N-dealkylation sites (tertiary alicyclic amines) is 1. The summed E-state index contributed by atoms with van der Waals surface area (Å²) < 4.78 is 0. The van der Waals surface area contributed by atoms with E-state index < -0.39 is 0 Å². The van der Waals surface area contributed by atoms with Gasteiger partial charge in [0.2, 0.25) is 5.91 Å². The molecule has 2 heterocycles. The Morgan fingerprint density at radius 3 is 2.50 bits per heavy atom. The molecule has 2 aliphatic rings. The minimum atomic E-state index is -0.182. The van der Waals surface area contributed by atoms with Gasteiger partial charge in [-0.2, -0.15) is 0 Å². The van der Waals surface area contributed by atoms with E-state index in [-0.39, 0.29) is 11.8 Å². The first-order valence-corrected chi connectivity index (χ1v) is 8.40. The highest BCUT2D eigenvalue weighted by molar-refractivity contribution is 5.86. The molecule has 3 atom stereocenters. The van der Waals surface area contributed by atoms with Crippen LogP contribution in [-0.2, 0) is 4.79 Å². The Morgan fingerprint density at radius 2 is 1.75 bits per heavy atom. The Labute approximate surface area is 141 Å². The molecular formula is C20H19N3O. The number of nitrogens with zero attached hydrogens (tertiary/aromatic N) is 3. The van der Waals surface area contributed by atoms with Gasteiger partial charge in [0, 0.05) is 31.0 Å². The van der Waals surface area contributed by atoms with Gasteiger partial charge in [-0.15, -0.1) is 0 Å². The minimum absolute atomic E-state index is 0.160. The van der Waals surface area contributed by atoms with Crippen LogP contribution in [0.3, 0.4) is 0 Å². The Morgan fingerprint density at radius 1 is 1.04 bits per heavy atom. The number of carbonyl (C=O) groups is 1. The highest BCUT2D eigenvalue weighted by Crippen LogP contribution is 2.45. The third kappa shape index (κ3) is 2.56. The average molecular weight is 317 g/mol. The van der Waals surface area contributed by atoms with Crippen LogP contribution in [-0.4, -0.2) is 33.9 Å². The van der Waals surface area contributed by atoms with Crippen molar-refractivity contribution >= 4 is 5.91 Å². The largest absolute Gasteiger partial charge is 0.342 e. The summed E-state index contributed by atoms with van der Waals surface area (Å²) in [5, 5.41) is 0. The summed E-state index contributed by atoms with van der Waals surface area (Å²) in [5.41, 5.74) is 1.73. The molecule has 0 spiro atoms. The molecule has 2 aromatic rings. The zero-order valence-electron chi connectivity index (χ0n) is 13.6. The summed E-state index contributed by atoms with van der Waals surface area (Å²) >= 11 is 0. The van der Waals surface area contributed by atoms with Crippen molar-refractivity contribution in [3.8, 4) is 11.8 Å². The number of aromatic nitrogens is 2. The number of hydrogen-bond donors (Lipinski definition) is 0. The number of fused-ring (bicyclic) bond motifs is 1. The molecule has 24 heavy (non-hydrogen) atoms. The van der Waals surface area contributed by atoms with Crippen molar-refractivity contribution in [1.29, 1.82) is 0 Å². The molecule has 1 aromatic carbocycles. The molecule has 1 aromatic heterocycles. The lowest BCUT2D eigenvalue weighted by Gasteiger charge is -2.17. The molecule has 3 unspecified atom stereocenters. The van der Waals surface area contributed by atoms with E-state index in [0.29, 0.717) is 17.8 Å². The van der Waals surface area contributed by atoms with Crippen LogP contribution in [0.4, 0.5) is 0 Å². The highest BCUT2D eigenvalue weighted by atomic mass is 16.2. The van der Waals surface area contributed by atoms with E-state index in [9.17, 15) is 4.79 Å². The van der Waals surface area contributed by atoms with Crippen molar-refractivity contribution in [2.75, 3.05) is 7.05 Å². The molecule has 4 heteroatoms. The predicted octanol–water partition coefficient (Wildman–Crippen LogP) is 2.60. The zero-order chi connectivity index (χ0) is 16.5. The van der Waals surface area contributed by atoms with Crippen LogP contribution in [0.5, 0.6) is 0 Å². The van der Waals surface area contributed by atoms with E-state index in [1.54, 1.807) is 12.4 Å². The summed E-state index contributed by atoms with van der Waals surface area (Å²) in [5.74, 6) is 7.16. The van der Waals surface area contributed by atoms with Crippen LogP contribution in [0, 0.1) is 17.8 Å². The van der Waals surface area contributed by atoms with Gasteiger partial charge in [0.1, 0.15) is 11.7 Å². The number of amides is 1. The maximum absolute atomic E-state index is 12.5. The molecular weight excluding hydrogens is 298 g/mol. The normalized spacial score (nSPS) is 25.3. The lowest BCUT2D eigenvalue weighted by atomic mass is 9.91. The number of benzene rings is 1. The van der Waals surface area contributed by atoms with Gasteiger partial charge in [0.05, 0.1) is 5.56 Å². The number of hydrogen-bond acceptors (Lipinski definition) is 3. The van der Waals surface area contributed by atoms with Gasteiger partial charge < -0.3 is 4.90 Å². The predicted molar refractivity (Wildman–Crippen MR) is 91.1 cm³/mol. The minimum Gasteiger partial charge on any atom is -0.342 e. The van der Waals surface area contributed by atoms with Gasteiger partial charge in [-0.1, -0.05) is 36.5 Å². The van der Waals surface area contributed by atoms with Crippen LogP contribution >= 0.6 is 0 Å². The standard InChI is InChI=1S/C20H19N3O/c1-23-17-9-5-8-16(17)18(20(23)24)19-21-12-15(13-22-19)11-10-14-6-3-2-4-7-14/h2-4,6-7,12-13,16-18H,5,8-9H2,1H3. The second kappa shape index (κ2) is 6.09. The van der Waals surface area contributed by atoms with Gasteiger partial charge >= 0.3 is 0 Å². The Hall–Kier alpha value is -2.67. The van der Waals surface area contributed by atoms with Crippen molar-refractivity contribution in [3.63, 3.8) is 0 Å². The molecule has 4 nitrogen and oxygen atoms in total. The fraction of sp³-hybridized carbons (Fsp3) is 0.350. The molecule has 0 bridgehead atoms. The quantitative estimate of drug-likeness (QED) is 0.760. The first-order valence-electron chi connectivity index (χ1n) is 8.40. The van der Waals surface area contributed by atoms with Gasteiger partial charge in [-0.05, 0) is 30.9 Å². The molecule has 1 saturated heterocycles. The molecule has 2 fully saturated rings. The van der Waals surface area contributed by atoms with E-state index in [1.165, 1.54) is 6.42 Å². The number of carbonyl (C=O) groups excluding carboxylic acids is 1. The molecule has 0 N–H and O–H groups in total. The van der Waals surface area contributed by atoms with Crippen molar-refractivity contribution in [2.45, 2.75) is 31.2 Å². The maximum atomic E-state index is 12.5. The van der Waals surface area contributed by atoms with Gasteiger partial charge in [0.15, 0.2) is 0 Å². The number of rotatable bonds is 1. The molecule has 1 saturated carbocycles. The maximum Gasteiger partial charge on any atom is 0.233 e. The SMILES string of the molecule is CN1C(=O)C(c2ncc(C#Cc3ccccc3)cn2)C2CCCC21. The van der Waals surface area contributed by atoms with Crippen LogP contribution in [0.1, 0.15) is 42.1 Å². The monoisotopic (exact) mass is 317 g/mol. The summed E-state index contributed by atoms with van der Waals surface area (Å²) in [6, 6.07) is 10.2. The Balaban J connectivity index is 1.56. The van der Waals surface area contributed by atoms with Crippen molar-refractivity contribution < 1.29 is 4.79 Å². The van der Waals surface area contributed by atoms with Gasteiger partial charge in [-0.3, -0.25) is 4.79 Å². The van der Waals surface area contributed by atoms with Crippen LogP contribution in [0.15, 0.2) is 42.7 Å². The summed E-state index contributed by atoms with van der Waals surface area (Å²) in [7, 11) is 1.91. The summed E-state index contributed by atoms with van der Waals surface area (Å²) in [6.45, 7) is 0. The van der Waals surface area contributed by atoms with Crippen molar-refractivity contribution in [2.24, 2.45) is 5.92 Å². The second-order valence-corrected chi connectivity index (χ2v) is 6.53. The fourth-order valence-electron chi connectivity index (χ4n) is 3.94. The lowest BCUT2D eigenvalue weighted by Crippen LogP contribution is -2.29. The average Bonchev–Trinajstić information content (AvgIpc) is 3.18. The molecule has 0 radical (unpaired) electrons. The molecule has 1 aliphatic carbocycles. The van der Waals surface area contributed by atoms with E-state index in [1.807, 2.05) is 42.3 Å². The Bertz CT molecular complexity index is 804. The second-order valence-electron chi connectivity index (χ2n) is 6.53. The Kier molecular flexibility index (Phi) is 3.78. The van der Waals surface area contributed by atoms with Crippen LogP contribution in [0.25, 0.3) is 0 Å². The van der Waals surface area contributed by atoms with Gasteiger partial charge in [0.25, 0.3) is 0 Å². The first kappa shape index (κ1) is 14.9. The van der Waals surface area contributed by atoms with Crippen molar-refractivity contribution in [3.05, 3.63) is 59.7 Å². The molecule has 120 valence electrons. The van der Waals surface area contributed by atoms with Gasteiger partial charge in [-0.25, -0.2) is 9.97 Å². The van der Waals surface area contributed by atoms with E-state index >= 15 is 0 Å². The fourth-order valence-corrected chi connectivity index (χ4v) is 3.94. The summed E-state index contributed by atoms with van der Waals surface area (Å²) in [6.07, 6.45) is 6.83. The molecule has 1 aliphatic heterocycles. The first-order chi connectivity index (χ1) is 11.7. The lowest BCUT2D eigenvalue weighted by molar-refractivity contribution is -0.129. The van der Waals surface area contributed by atoms with Crippen LogP contribution < -0.4 is 0 Å². The number of likely N-dealkylation sites (N-methyl/N-ethyl adjacent to an activating group) is 1. The smallest absolute Gasteiger partial charge is 0.233 e. The van der Waals surface area contributed by atoms with E-state index in [2.05, 4.69) is 21.8 Å². The van der Waals surface area contributed by atoms with E-state index in [4.69, 9.17) is 0 Å². The van der Waals surface area contributed by atoms with Crippen LogP contribution in [0.2, 0.25) is 0 Å². The molecule has 1 amide bonds.